The van der Waals surface area contributed by atoms with E-state index < -0.39 is 72.3 Å². The highest BCUT2D eigenvalue weighted by Gasteiger charge is 2.35. The number of nitrogens with zero attached hydrogens (tertiary/aromatic N) is 4. The van der Waals surface area contributed by atoms with Crippen molar-refractivity contribution < 1.29 is 84.7 Å². The number of anilines is 1. The third-order valence-corrected chi connectivity index (χ3v) is 22.7. The van der Waals surface area contributed by atoms with E-state index in [1.165, 1.54) is 11.0 Å². The second kappa shape index (κ2) is 48.2. The number of fused-ring (bicyclic) bond motifs is 1. The molecule has 1 aromatic heterocycles. The Kier molecular flexibility index (Phi) is 40.3. The fourth-order valence-electron chi connectivity index (χ4n) is 12.9. The number of sulfonamides is 2. The minimum absolute atomic E-state index is 0.00829. The number of benzene rings is 6. The number of nitrogens with one attached hydrogen (secondary N) is 5. The summed E-state index contributed by atoms with van der Waals surface area (Å²) in [5.41, 5.74) is 19.3. The number of ether oxygens (including phenoxy) is 4. The van der Waals surface area contributed by atoms with Gasteiger partial charge in [0, 0.05) is 69.6 Å². The average molecular weight is 1700 g/mol. The molecule has 33 heteroatoms. The van der Waals surface area contributed by atoms with E-state index in [1.807, 2.05) is 156 Å². The van der Waals surface area contributed by atoms with Crippen LogP contribution >= 0.6 is 11.6 Å². The van der Waals surface area contributed by atoms with Crippen LogP contribution < -0.4 is 46.8 Å². The summed E-state index contributed by atoms with van der Waals surface area (Å²) in [5, 5.41) is 57.1. The van der Waals surface area contributed by atoms with Gasteiger partial charge < -0.3 is 66.6 Å². The highest BCUT2D eigenvalue weighted by Crippen LogP contribution is 2.36. The number of hydrogen-bond donors (Lipinski definition) is 11. The third-order valence-electron chi connectivity index (χ3n) is 19.9. The smallest absolute Gasteiger partial charge is 0.326 e. The number of primary amides is 1. The van der Waals surface area contributed by atoms with Crippen LogP contribution in [0.15, 0.2) is 143 Å². The first-order valence-corrected chi connectivity index (χ1v) is 42.8. The molecule has 6 aromatic carbocycles. The number of amides is 4. The molecule has 0 unspecified atom stereocenters. The fraction of sp³-hybridized carbons (Fsp3) is 0.482. The standard InChI is InChI=1S/C30H53N3O6.C24H29N5O3.C24H29NO5.C7H8ClN3O4S2/c1-19(2)22(14-21-10-11-26(38-8)27(15-21)39-13-9-12-37-7)16-24(31)25(34)17-23(20(3)4)28(35)33-18-30(5,6)29(32)36;1-4-5-10-21(30)29(22(16(2)3)24(31)32)15-17-11-13-18(14-12-17)19-8-6-7-9-20(19)23-25-27-28-26-23;1-3-30-24(29)17(2)15-21(25-22(26)13-14-23(27)28)16-18-9-11-20(12-10-18)19-7-5-4-6-8-19;8-4-1-5-7(2-6(4)16(9,12)13)17(14,15)11-3-10-5/h10-11,15,19-20,22-25,34H,9,12-14,16-18,31H2,1-8H3,(H2,32,36)(H,33,35);6-9,11-14,16,22H,4-5,10,15H2,1-3H3,(H,31,32)(H,25,26,27,28);4-12,17,21H,3,13-16H2,1-2H3,(H,25,26)(H,27,28);1-2,10-11H,3H2,(H2,9,12,13)/t22-,23-,24-,25-;22-;17-,21+;/m001./s1. The molecule has 0 spiro atoms. The number of aromatic nitrogens is 4. The van der Waals surface area contributed by atoms with Gasteiger partial charge >= 0.3 is 17.9 Å². The maximum Gasteiger partial charge on any atom is 0.326 e. The van der Waals surface area contributed by atoms with E-state index >= 15 is 0 Å². The molecule has 30 nitrogen and oxygen atoms in total. The van der Waals surface area contributed by atoms with Crippen molar-refractivity contribution in [2.24, 2.45) is 57.5 Å². The van der Waals surface area contributed by atoms with Gasteiger partial charge in [-0.05, 0) is 151 Å². The topological polar surface area (TPSA) is 469 Å². The number of unbranched alkanes of at least 4 members (excludes halogenated alkanes) is 1. The molecule has 0 bridgehead atoms. The number of carboxylic acids is 2. The second-order valence-electron chi connectivity index (χ2n) is 30.7. The van der Waals surface area contributed by atoms with E-state index in [-0.39, 0.29) is 108 Å². The molecule has 0 radical (unpaired) electrons. The van der Waals surface area contributed by atoms with Crippen molar-refractivity contribution in [3.8, 4) is 45.1 Å². The number of methoxy groups -OCH3 is 2. The van der Waals surface area contributed by atoms with E-state index in [0.29, 0.717) is 68.7 Å². The van der Waals surface area contributed by atoms with E-state index in [4.69, 9.17) is 52.3 Å². The lowest BCUT2D eigenvalue weighted by atomic mass is 9.80. The Bertz CT molecular complexity index is 4600. The lowest BCUT2D eigenvalue weighted by Gasteiger charge is -2.32. The Labute approximate surface area is 698 Å². The van der Waals surface area contributed by atoms with Crippen molar-refractivity contribution in [2.45, 2.75) is 187 Å². The molecule has 14 N–H and O–H groups in total. The van der Waals surface area contributed by atoms with Crippen LogP contribution in [-0.2, 0) is 82.5 Å². The molecule has 7 atom stereocenters. The summed E-state index contributed by atoms with van der Waals surface area (Å²) in [7, 11) is -4.51. The number of H-pyrrole nitrogens is 1. The number of esters is 1. The number of carbonyl (C=O) groups excluding carboxylic acids is 5. The molecule has 7 aromatic rings. The third kappa shape index (κ3) is 31.7. The van der Waals surface area contributed by atoms with Crippen LogP contribution in [0.4, 0.5) is 5.69 Å². The summed E-state index contributed by atoms with van der Waals surface area (Å²) >= 11 is 5.72. The van der Waals surface area contributed by atoms with Crippen molar-refractivity contribution in [1.82, 2.24) is 40.9 Å². The number of aliphatic carboxylic acids is 2. The number of primary sulfonamides is 1. The first-order valence-electron chi connectivity index (χ1n) is 39.4. The average Bonchev–Trinajstić information content (AvgIpc) is 0.848. The van der Waals surface area contributed by atoms with Gasteiger partial charge in [-0.2, -0.15) is 9.94 Å². The Balaban J connectivity index is 0.000000289. The molecule has 1 aliphatic heterocycles. The molecular weight excluding hydrogens is 1580 g/mol. The number of nitrogens with two attached hydrogens (primary N) is 3. The van der Waals surface area contributed by atoms with Gasteiger partial charge in [0.05, 0.1) is 61.6 Å². The van der Waals surface area contributed by atoms with Crippen LogP contribution in [0.1, 0.15) is 151 Å². The van der Waals surface area contributed by atoms with E-state index in [1.54, 1.807) is 41.9 Å². The van der Waals surface area contributed by atoms with Crippen LogP contribution in [-0.4, -0.2) is 171 Å². The van der Waals surface area contributed by atoms with E-state index in [9.17, 15) is 60.6 Å². The molecule has 4 amide bonds. The van der Waals surface area contributed by atoms with Gasteiger partial charge in [-0.1, -0.05) is 183 Å². The van der Waals surface area contributed by atoms with Gasteiger partial charge in [0.15, 0.2) is 11.5 Å². The fourth-order valence-corrected chi connectivity index (χ4v) is 15.1. The summed E-state index contributed by atoms with van der Waals surface area (Å²) in [4.78, 5) is 85.1. The van der Waals surface area contributed by atoms with Crippen molar-refractivity contribution in [3.63, 3.8) is 0 Å². The molecule has 646 valence electrons. The monoisotopic (exact) mass is 1690 g/mol. The minimum atomic E-state index is -4.07. The van der Waals surface area contributed by atoms with Crippen molar-refractivity contribution in [2.75, 3.05) is 52.6 Å². The summed E-state index contributed by atoms with van der Waals surface area (Å²) in [6.07, 6.45) is 4.17. The summed E-state index contributed by atoms with van der Waals surface area (Å²) < 4.78 is 69.5. The van der Waals surface area contributed by atoms with Crippen LogP contribution in [0.5, 0.6) is 11.5 Å². The van der Waals surface area contributed by atoms with Crippen molar-refractivity contribution in [1.29, 1.82) is 0 Å². The summed E-state index contributed by atoms with van der Waals surface area (Å²) in [5.74, 6) is -2.02. The number of rotatable bonds is 41. The van der Waals surface area contributed by atoms with Gasteiger partial charge in [0.1, 0.15) is 15.8 Å². The van der Waals surface area contributed by atoms with Crippen LogP contribution in [0.25, 0.3) is 33.6 Å². The van der Waals surface area contributed by atoms with Crippen molar-refractivity contribution >= 4 is 78.9 Å². The SMILES string of the molecule is CCCCC(=O)N(Cc1ccc(-c2ccccc2-c2nn[nH]n2)cc1)[C@H](C(=O)O)C(C)C.CCOC(=O)[C@H](C)C[C@@H](Cc1ccc(-c2ccccc2)cc1)NC(=O)CCC(=O)O.COCCCOc1cc(C[C@@H](C[C@H](N)[C@@H](O)C[C@H](C(=O)NCC(C)(C)C(N)=O)C(C)C)C(C)C)ccc1OC.NS(=O)(=O)c1cc2c(cc1Cl)NCNS2(=O)=O. The van der Waals surface area contributed by atoms with E-state index in [0.717, 1.165) is 76.3 Å². The van der Waals surface area contributed by atoms with Gasteiger partial charge in [-0.25, -0.2) is 26.8 Å². The van der Waals surface area contributed by atoms with Gasteiger partial charge in [0.2, 0.25) is 49.5 Å². The number of aromatic amines is 1. The normalized spacial score (nSPS) is 14.1. The Morgan fingerprint density at radius 3 is 1.92 bits per heavy atom. The predicted molar refractivity (Wildman–Crippen MR) is 452 cm³/mol. The minimum Gasteiger partial charge on any atom is -0.493 e. The maximum atomic E-state index is 12.9. The van der Waals surface area contributed by atoms with Crippen LogP contribution in [0, 0.1) is 40.9 Å². The van der Waals surface area contributed by atoms with E-state index in [2.05, 4.69) is 55.1 Å². The zero-order valence-corrected chi connectivity index (χ0v) is 72.1. The lowest BCUT2D eigenvalue weighted by Crippen LogP contribution is -2.47. The number of tetrazole rings is 1. The molecular formula is C85H119ClN12O18S2. The van der Waals surface area contributed by atoms with Crippen LogP contribution in [0.3, 0.4) is 0 Å². The number of halogens is 1. The molecule has 0 fully saturated rings. The quantitative estimate of drug-likeness (QED) is 0.0125. The molecule has 1 aliphatic rings. The molecule has 0 aliphatic carbocycles. The largest absolute Gasteiger partial charge is 0.493 e. The van der Waals surface area contributed by atoms with Crippen molar-refractivity contribution in [3.05, 3.63) is 155 Å². The van der Waals surface area contributed by atoms with Gasteiger partial charge in [-0.15, -0.1) is 10.2 Å². The Hall–Kier alpha value is -9.93. The second-order valence-corrected chi connectivity index (χ2v) is 34.3. The molecule has 0 saturated heterocycles. The molecule has 2 heterocycles. The van der Waals surface area contributed by atoms with Crippen LogP contribution in [0.2, 0.25) is 5.02 Å². The first-order chi connectivity index (χ1) is 55.7. The maximum absolute atomic E-state index is 12.9. The Morgan fingerprint density at radius 2 is 1.35 bits per heavy atom. The molecule has 8 rings (SSSR count). The highest BCUT2D eigenvalue weighted by molar-refractivity contribution is 7.90. The highest BCUT2D eigenvalue weighted by atomic mass is 35.5. The van der Waals surface area contributed by atoms with Gasteiger partial charge in [-0.3, -0.25) is 28.8 Å². The predicted octanol–water partition coefficient (Wildman–Crippen LogP) is 10.9. The zero-order chi connectivity index (χ0) is 87.6. The lowest BCUT2D eigenvalue weighted by molar-refractivity contribution is -0.153. The zero-order valence-electron chi connectivity index (χ0n) is 69.7. The number of hydrogen-bond acceptors (Lipinski definition) is 21. The number of aliphatic hydroxyl groups is 1. The Morgan fingerprint density at radius 1 is 0.720 bits per heavy atom. The van der Waals surface area contributed by atoms with Gasteiger partial charge in [0.25, 0.3) is 0 Å². The molecule has 0 saturated carbocycles. The number of carboxylic acid groups (broad SMARTS) is 2. The number of carbonyl (C=O) groups is 7. The summed E-state index contributed by atoms with van der Waals surface area (Å²) in [6.45, 7) is 22.6. The molecule has 118 heavy (non-hydrogen) atoms. The first kappa shape index (κ1) is 98.6. The summed E-state index contributed by atoms with van der Waals surface area (Å²) in [6, 6.07) is 40.1. The number of aliphatic hydroxyl groups excluding tert-OH is 1.